The van der Waals surface area contributed by atoms with Gasteiger partial charge in [-0.1, -0.05) is 44.6 Å². The van der Waals surface area contributed by atoms with Crippen LogP contribution in [0.4, 0.5) is 0 Å². The standard InChI is InChI=1S/C12H21NO2/c1-4-11(3)12(5-2)9-7-6-8-10-13(14)15/h6-7,9,11H,4-5,8,10H2,1-3H3/b7-6-,12-9+. The van der Waals surface area contributed by atoms with E-state index in [0.29, 0.717) is 12.3 Å². The van der Waals surface area contributed by atoms with Crippen molar-refractivity contribution in [2.24, 2.45) is 5.92 Å². The number of nitrogens with zero attached hydrogens (tertiary/aromatic N) is 1. The van der Waals surface area contributed by atoms with Gasteiger partial charge >= 0.3 is 0 Å². The molecule has 0 amide bonds. The molecule has 0 bridgehead atoms. The van der Waals surface area contributed by atoms with E-state index in [-0.39, 0.29) is 11.5 Å². The maximum atomic E-state index is 10.1. The molecule has 0 rings (SSSR count). The molecule has 0 heterocycles. The van der Waals surface area contributed by atoms with Crippen LogP contribution in [-0.2, 0) is 0 Å². The van der Waals surface area contributed by atoms with Gasteiger partial charge in [-0.3, -0.25) is 10.1 Å². The molecule has 0 saturated heterocycles. The van der Waals surface area contributed by atoms with E-state index in [4.69, 9.17) is 0 Å². The van der Waals surface area contributed by atoms with Crippen LogP contribution < -0.4 is 0 Å². The van der Waals surface area contributed by atoms with Crippen molar-refractivity contribution in [1.29, 1.82) is 0 Å². The van der Waals surface area contributed by atoms with Gasteiger partial charge in [-0.05, 0) is 18.8 Å². The maximum absolute atomic E-state index is 10.1. The summed E-state index contributed by atoms with van der Waals surface area (Å²) in [6.45, 7) is 6.54. The quantitative estimate of drug-likeness (QED) is 0.367. The van der Waals surface area contributed by atoms with E-state index in [2.05, 4.69) is 26.8 Å². The molecule has 86 valence electrons. The molecule has 1 atom stereocenters. The molecule has 0 aliphatic carbocycles. The Balaban J connectivity index is 4.04. The Morgan fingerprint density at radius 1 is 1.47 bits per heavy atom. The summed E-state index contributed by atoms with van der Waals surface area (Å²) in [6, 6.07) is 0. The van der Waals surface area contributed by atoms with Crippen molar-refractivity contribution in [2.75, 3.05) is 6.54 Å². The highest BCUT2D eigenvalue weighted by Crippen LogP contribution is 2.17. The molecule has 0 aromatic heterocycles. The van der Waals surface area contributed by atoms with E-state index >= 15 is 0 Å². The van der Waals surface area contributed by atoms with E-state index in [9.17, 15) is 10.1 Å². The number of hydrogen-bond donors (Lipinski definition) is 0. The Hall–Kier alpha value is -1.12. The maximum Gasteiger partial charge on any atom is 0.207 e. The molecule has 0 aliphatic heterocycles. The topological polar surface area (TPSA) is 43.1 Å². The summed E-state index contributed by atoms with van der Waals surface area (Å²) >= 11 is 0. The van der Waals surface area contributed by atoms with E-state index in [1.165, 1.54) is 5.57 Å². The van der Waals surface area contributed by atoms with Gasteiger partial charge in [0.1, 0.15) is 0 Å². The second-order valence-electron chi connectivity index (χ2n) is 3.68. The fourth-order valence-corrected chi connectivity index (χ4v) is 1.36. The highest BCUT2D eigenvalue weighted by atomic mass is 16.6. The third kappa shape index (κ3) is 6.89. The van der Waals surface area contributed by atoms with Crippen LogP contribution in [0.15, 0.2) is 23.8 Å². The zero-order valence-corrected chi connectivity index (χ0v) is 9.90. The zero-order chi connectivity index (χ0) is 11.7. The van der Waals surface area contributed by atoms with Crippen LogP contribution in [0.1, 0.15) is 40.0 Å². The lowest BCUT2D eigenvalue weighted by Crippen LogP contribution is -1.98. The number of allylic oxidation sites excluding steroid dienone is 3. The van der Waals surface area contributed by atoms with Crippen LogP contribution in [0.3, 0.4) is 0 Å². The van der Waals surface area contributed by atoms with Gasteiger partial charge < -0.3 is 0 Å². The average molecular weight is 211 g/mol. The molecule has 1 unspecified atom stereocenters. The monoisotopic (exact) mass is 211 g/mol. The van der Waals surface area contributed by atoms with E-state index in [0.717, 1.165) is 12.8 Å². The van der Waals surface area contributed by atoms with Crippen molar-refractivity contribution in [3.05, 3.63) is 33.9 Å². The van der Waals surface area contributed by atoms with Crippen LogP contribution >= 0.6 is 0 Å². The van der Waals surface area contributed by atoms with Crippen molar-refractivity contribution in [1.82, 2.24) is 0 Å². The minimum Gasteiger partial charge on any atom is -0.265 e. The molecule has 3 nitrogen and oxygen atoms in total. The fraction of sp³-hybridized carbons (Fsp3) is 0.667. The summed E-state index contributed by atoms with van der Waals surface area (Å²) in [4.78, 5) is 9.78. The van der Waals surface area contributed by atoms with Gasteiger partial charge in [0.25, 0.3) is 0 Å². The highest BCUT2D eigenvalue weighted by molar-refractivity contribution is 5.14. The normalized spacial score (nSPS) is 14.5. The van der Waals surface area contributed by atoms with Crippen molar-refractivity contribution >= 4 is 0 Å². The first kappa shape index (κ1) is 13.9. The van der Waals surface area contributed by atoms with E-state index < -0.39 is 0 Å². The summed E-state index contributed by atoms with van der Waals surface area (Å²) in [6.07, 6.45) is 8.60. The average Bonchev–Trinajstić information content (AvgIpc) is 2.22. The Labute approximate surface area is 92.0 Å². The van der Waals surface area contributed by atoms with Gasteiger partial charge in [-0.15, -0.1) is 0 Å². The smallest absolute Gasteiger partial charge is 0.207 e. The summed E-state index contributed by atoms with van der Waals surface area (Å²) in [5.74, 6) is 0.607. The van der Waals surface area contributed by atoms with Gasteiger partial charge in [-0.2, -0.15) is 0 Å². The minimum atomic E-state index is -0.288. The lowest BCUT2D eigenvalue weighted by Gasteiger charge is -2.10. The molecule has 0 aromatic carbocycles. The van der Waals surface area contributed by atoms with Gasteiger partial charge in [-0.25, -0.2) is 0 Å². The first-order valence-corrected chi connectivity index (χ1v) is 5.59. The summed E-state index contributed by atoms with van der Waals surface area (Å²) < 4.78 is 0. The van der Waals surface area contributed by atoms with Crippen LogP contribution in [0.25, 0.3) is 0 Å². The number of rotatable bonds is 7. The first-order chi connectivity index (χ1) is 7.11. The minimum absolute atomic E-state index is 0.0229. The highest BCUT2D eigenvalue weighted by Gasteiger charge is 2.02. The Morgan fingerprint density at radius 2 is 2.13 bits per heavy atom. The summed E-state index contributed by atoms with van der Waals surface area (Å²) in [7, 11) is 0. The molecule has 0 aromatic rings. The number of hydrogen-bond acceptors (Lipinski definition) is 2. The molecule has 0 spiro atoms. The van der Waals surface area contributed by atoms with Gasteiger partial charge in [0.15, 0.2) is 0 Å². The first-order valence-electron chi connectivity index (χ1n) is 5.59. The molecular weight excluding hydrogens is 190 g/mol. The fourth-order valence-electron chi connectivity index (χ4n) is 1.36. The number of nitro groups is 1. The molecule has 0 saturated carbocycles. The van der Waals surface area contributed by atoms with Crippen molar-refractivity contribution in [2.45, 2.75) is 40.0 Å². The molecule has 0 N–H and O–H groups in total. The summed E-state index contributed by atoms with van der Waals surface area (Å²) in [5.41, 5.74) is 1.41. The second kappa shape index (κ2) is 8.21. The Morgan fingerprint density at radius 3 is 2.60 bits per heavy atom. The van der Waals surface area contributed by atoms with Crippen LogP contribution in [0, 0.1) is 16.0 Å². The lowest BCUT2D eigenvalue weighted by atomic mass is 9.96. The molecule has 0 fully saturated rings. The Bertz CT molecular complexity index is 244. The van der Waals surface area contributed by atoms with Crippen molar-refractivity contribution in [3.8, 4) is 0 Å². The molecule has 15 heavy (non-hydrogen) atoms. The van der Waals surface area contributed by atoms with E-state index in [1.807, 2.05) is 12.2 Å². The van der Waals surface area contributed by atoms with Gasteiger partial charge in [0, 0.05) is 11.3 Å². The SMILES string of the molecule is CC/C(=C\C=C/CC[N+](=O)[O-])C(C)CC. The Kier molecular flexibility index (Phi) is 7.60. The third-order valence-corrected chi connectivity index (χ3v) is 2.58. The molecule has 3 heteroatoms. The third-order valence-electron chi connectivity index (χ3n) is 2.58. The zero-order valence-electron chi connectivity index (χ0n) is 9.90. The molecule has 0 radical (unpaired) electrons. The van der Waals surface area contributed by atoms with Crippen molar-refractivity contribution < 1.29 is 4.92 Å². The summed E-state index contributed by atoms with van der Waals surface area (Å²) in [5, 5.41) is 10.1. The van der Waals surface area contributed by atoms with Gasteiger partial charge in [0.05, 0.1) is 0 Å². The predicted molar refractivity (Wildman–Crippen MR) is 63.4 cm³/mol. The van der Waals surface area contributed by atoms with Gasteiger partial charge in [0.2, 0.25) is 6.54 Å². The lowest BCUT2D eigenvalue weighted by molar-refractivity contribution is -0.478. The van der Waals surface area contributed by atoms with Crippen LogP contribution in [0.5, 0.6) is 0 Å². The molecular formula is C12H21NO2. The van der Waals surface area contributed by atoms with E-state index in [1.54, 1.807) is 0 Å². The largest absolute Gasteiger partial charge is 0.265 e. The molecule has 0 aliphatic rings. The predicted octanol–water partition coefficient (Wildman–Crippen LogP) is 3.59. The van der Waals surface area contributed by atoms with Crippen LogP contribution in [0.2, 0.25) is 0 Å². The second-order valence-corrected chi connectivity index (χ2v) is 3.68. The van der Waals surface area contributed by atoms with Crippen molar-refractivity contribution in [3.63, 3.8) is 0 Å². The van der Waals surface area contributed by atoms with Crippen LogP contribution in [-0.4, -0.2) is 11.5 Å².